The van der Waals surface area contributed by atoms with Gasteiger partial charge in [0, 0.05) is 6.42 Å². The number of aliphatic hydroxyl groups excluding tert-OH is 2. The molecule has 0 bridgehead atoms. The summed E-state index contributed by atoms with van der Waals surface area (Å²) < 4.78 is 0. The van der Waals surface area contributed by atoms with E-state index in [1.54, 1.807) is 12.2 Å². The van der Waals surface area contributed by atoms with Crippen molar-refractivity contribution in [3.8, 4) is 0 Å². The highest BCUT2D eigenvalue weighted by molar-refractivity contribution is 5.66. The number of carbonyl (C=O) groups is 1. The van der Waals surface area contributed by atoms with Crippen LogP contribution in [-0.2, 0) is 4.79 Å². The summed E-state index contributed by atoms with van der Waals surface area (Å²) in [5, 5.41) is 27.6. The highest BCUT2D eigenvalue weighted by Crippen LogP contribution is 2.08. The second-order valence-electron chi connectivity index (χ2n) is 4.65. The fourth-order valence-electron chi connectivity index (χ4n) is 1.69. The van der Waals surface area contributed by atoms with E-state index < -0.39 is 18.2 Å². The summed E-state index contributed by atoms with van der Waals surface area (Å²) in [4.78, 5) is 10.3. The third-order valence-electron chi connectivity index (χ3n) is 2.80. The van der Waals surface area contributed by atoms with E-state index in [0.717, 1.165) is 19.3 Å². The largest absolute Gasteiger partial charge is 0.481 e. The first-order chi connectivity index (χ1) is 8.56. The summed E-state index contributed by atoms with van der Waals surface area (Å²) in [6.45, 7) is 2.14. The molecule has 0 saturated carbocycles. The Morgan fingerprint density at radius 1 is 1.00 bits per heavy atom. The van der Waals surface area contributed by atoms with Gasteiger partial charge in [0.1, 0.15) is 0 Å². The molecule has 2 unspecified atom stereocenters. The van der Waals surface area contributed by atoms with Gasteiger partial charge in [0.15, 0.2) is 0 Å². The Labute approximate surface area is 109 Å². The Balaban J connectivity index is 3.60. The lowest BCUT2D eigenvalue weighted by Crippen LogP contribution is -2.07. The first kappa shape index (κ1) is 17.1. The highest BCUT2D eigenvalue weighted by atomic mass is 16.4. The van der Waals surface area contributed by atoms with Crippen LogP contribution < -0.4 is 0 Å². The highest BCUT2D eigenvalue weighted by Gasteiger charge is 2.04. The van der Waals surface area contributed by atoms with Gasteiger partial charge in [0.2, 0.25) is 0 Å². The smallest absolute Gasteiger partial charge is 0.303 e. The average molecular weight is 258 g/mol. The second-order valence-corrected chi connectivity index (χ2v) is 4.65. The summed E-state index contributed by atoms with van der Waals surface area (Å²) >= 11 is 0. The van der Waals surface area contributed by atoms with E-state index in [1.165, 1.54) is 12.8 Å². The Kier molecular flexibility index (Phi) is 10.7. The number of carboxylic acid groups (broad SMARTS) is 1. The molecule has 0 aliphatic heterocycles. The molecule has 0 aromatic heterocycles. The van der Waals surface area contributed by atoms with E-state index in [4.69, 9.17) is 5.11 Å². The molecule has 2 atom stereocenters. The fraction of sp³-hybridized carbons (Fsp3) is 0.786. The number of carboxylic acids is 1. The topological polar surface area (TPSA) is 77.8 Å². The summed E-state index contributed by atoms with van der Waals surface area (Å²) in [6.07, 6.45) is 8.16. The third kappa shape index (κ3) is 11.6. The van der Waals surface area contributed by atoms with Crippen LogP contribution in [-0.4, -0.2) is 33.5 Å². The van der Waals surface area contributed by atoms with Crippen molar-refractivity contribution in [2.75, 3.05) is 0 Å². The second kappa shape index (κ2) is 11.2. The maximum Gasteiger partial charge on any atom is 0.303 e. The molecule has 0 radical (unpaired) electrons. The predicted molar refractivity (Wildman–Crippen MR) is 71.4 cm³/mol. The number of rotatable bonds is 11. The van der Waals surface area contributed by atoms with Crippen LogP contribution in [0.25, 0.3) is 0 Å². The van der Waals surface area contributed by atoms with Crippen LogP contribution >= 0.6 is 0 Å². The molecule has 0 aliphatic carbocycles. The first-order valence-electron chi connectivity index (χ1n) is 6.82. The number of aliphatic carboxylic acids is 1. The van der Waals surface area contributed by atoms with Crippen molar-refractivity contribution < 1.29 is 20.1 Å². The molecule has 4 nitrogen and oxygen atoms in total. The quantitative estimate of drug-likeness (QED) is 0.393. The minimum atomic E-state index is -0.845. The van der Waals surface area contributed by atoms with E-state index in [-0.39, 0.29) is 6.42 Å². The monoisotopic (exact) mass is 258 g/mol. The molecular weight excluding hydrogens is 232 g/mol. The maximum absolute atomic E-state index is 10.3. The molecule has 0 aromatic carbocycles. The standard InChI is InChI=1S/C14H26O4/c1-2-3-4-5-7-12(15)10-11-13(16)8-6-9-14(17)18/h10-13,15-16H,2-9H2,1H3,(H,17,18)/b11-10+. The van der Waals surface area contributed by atoms with Crippen molar-refractivity contribution in [2.45, 2.75) is 70.5 Å². The predicted octanol–water partition coefficient (Wildman–Crippen LogP) is 2.49. The van der Waals surface area contributed by atoms with Gasteiger partial charge in [-0.15, -0.1) is 0 Å². The minimum Gasteiger partial charge on any atom is -0.481 e. The molecule has 4 heteroatoms. The van der Waals surface area contributed by atoms with Crippen LogP contribution in [0.15, 0.2) is 12.2 Å². The van der Waals surface area contributed by atoms with Crippen molar-refractivity contribution in [3.63, 3.8) is 0 Å². The summed E-state index contributed by atoms with van der Waals surface area (Å²) in [5.74, 6) is -0.845. The van der Waals surface area contributed by atoms with Gasteiger partial charge in [-0.1, -0.05) is 44.8 Å². The van der Waals surface area contributed by atoms with Crippen LogP contribution in [0.1, 0.15) is 58.3 Å². The third-order valence-corrected chi connectivity index (χ3v) is 2.80. The SMILES string of the molecule is CCCCCCC(O)/C=C/C(O)CCCC(=O)O. The molecule has 0 fully saturated rings. The first-order valence-corrected chi connectivity index (χ1v) is 6.82. The molecule has 0 amide bonds. The zero-order valence-corrected chi connectivity index (χ0v) is 11.2. The molecule has 0 heterocycles. The fourth-order valence-corrected chi connectivity index (χ4v) is 1.69. The summed E-state index contributed by atoms with van der Waals surface area (Å²) in [6, 6.07) is 0. The molecule has 106 valence electrons. The van der Waals surface area contributed by atoms with Gasteiger partial charge in [-0.2, -0.15) is 0 Å². The number of aliphatic hydroxyl groups is 2. The van der Waals surface area contributed by atoms with E-state index >= 15 is 0 Å². The molecular formula is C14H26O4. The molecule has 18 heavy (non-hydrogen) atoms. The van der Waals surface area contributed by atoms with Gasteiger partial charge in [0.05, 0.1) is 12.2 Å². The minimum absolute atomic E-state index is 0.0739. The lowest BCUT2D eigenvalue weighted by atomic mass is 10.1. The van der Waals surface area contributed by atoms with Crippen LogP contribution in [0.4, 0.5) is 0 Å². The Bertz CT molecular complexity index is 238. The van der Waals surface area contributed by atoms with Gasteiger partial charge >= 0.3 is 5.97 Å². The van der Waals surface area contributed by atoms with E-state index in [2.05, 4.69) is 6.92 Å². The molecule has 0 aliphatic rings. The Morgan fingerprint density at radius 3 is 2.06 bits per heavy atom. The lowest BCUT2D eigenvalue weighted by Gasteiger charge is -2.07. The van der Waals surface area contributed by atoms with Gasteiger partial charge in [-0.3, -0.25) is 4.79 Å². The number of hydrogen-bond acceptors (Lipinski definition) is 3. The van der Waals surface area contributed by atoms with Crippen LogP contribution in [0.2, 0.25) is 0 Å². The van der Waals surface area contributed by atoms with E-state index in [0.29, 0.717) is 12.8 Å². The molecule has 3 N–H and O–H groups in total. The average Bonchev–Trinajstić information content (AvgIpc) is 2.31. The van der Waals surface area contributed by atoms with Crippen molar-refractivity contribution in [2.24, 2.45) is 0 Å². The van der Waals surface area contributed by atoms with Crippen molar-refractivity contribution in [3.05, 3.63) is 12.2 Å². The van der Waals surface area contributed by atoms with Crippen molar-refractivity contribution >= 4 is 5.97 Å². The van der Waals surface area contributed by atoms with Gasteiger partial charge in [-0.05, 0) is 19.3 Å². The zero-order valence-electron chi connectivity index (χ0n) is 11.2. The molecule has 0 aromatic rings. The Hall–Kier alpha value is -0.870. The summed E-state index contributed by atoms with van der Waals surface area (Å²) in [5.41, 5.74) is 0. The summed E-state index contributed by atoms with van der Waals surface area (Å²) in [7, 11) is 0. The van der Waals surface area contributed by atoms with Gasteiger partial charge in [0.25, 0.3) is 0 Å². The van der Waals surface area contributed by atoms with Crippen molar-refractivity contribution in [1.29, 1.82) is 0 Å². The van der Waals surface area contributed by atoms with Gasteiger partial charge in [-0.25, -0.2) is 0 Å². The lowest BCUT2D eigenvalue weighted by molar-refractivity contribution is -0.137. The Morgan fingerprint density at radius 2 is 1.56 bits per heavy atom. The van der Waals surface area contributed by atoms with Crippen LogP contribution in [0.3, 0.4) is 0 Å². The van der Waals surface area contributed by atoms with E-state index in [1.807, 2.05) is 0 Å². The van der Waals surface area contributed by atoms with E-state index in [9.17, 15) is 15.0 Å². The maximum atomic E-state index is 10.3. The van der Waals surface area contributed by atoms with Gasteiger partial charge < -0.3 is 15.3 Å². The van der Waals surface area contributed by atoms with Crippen molar-refractivity contribution in [1.82, 2.24) is 0 Å². The normalized spacial score (nSPS) is 14.8. The van der Waals surface area contributed by atoms with Crippen LogP contribution in [0.5, 0.6) is 0 Å². The zero-order chi connectivity index (χ0) is 13.8. The number of hydrogen-bond donors (Lipinski definition) is 3. The van der Waals surface area contributed by atoms with Crippen LogP contribution in [0, 0.1) is 0 Å². The molecule has 0 rings (SSSR count). The number of unbranched alkanes of at least 4 members (excludes halogenated alkanes) is 3. The molecule has 0 spiro atoms. The molecule has 0 saturated heterocycles.